The second kappa shape index (κ2) is 38.6. The van der Waals surface area contributed by atoms with Crippen LogP contribution in [0.25, 0.3) is 0 Å². The maximum absolute atomic E-state index is 8.49. The van der Waals surface area contributed by atoms with Gasteiger partial charge in [0.05, 0.1) is 34.2 Å². The first-order valence-electron chi connectivity index (χ1n) is 16.8. The van der Waals surface area contributed by atoms with Crippen LogP contribution in [-0.2, 0) is 73.4 Å². The van der Waals surface area contributed by atoms with Crippen molar-refractivity contribution in [2.45, 2.75) is 39.3 Å². The van der Waals surface area contributed by atoms with Crippen LogP contribution in [-0.4, -0.2) is 75.1 Å². The summed E-state index contributed by atoms with van der Waals surface area (Å²) >= 11 is 0. The smallest absolute Gasteiger partial charge is 0.870 e. The second-order valence-electron chi connectivity index (χ2n) is 11.0. The summed E-state index contributed by atoms with van der Waals surface area (Å²) < 4.78 is 67.9. The average Bonchev–Trinajstić information content (AvgIpc) is 3.21. The average molecular weight is 989 g/mol. The van der Waals surface area contributed by atoms with Gasteiger partial charge in [-0.15, -0.1) is 20.5 Å². The van der Waals surface area contributed by atoms with E-state index in [0.29, 0.717) is 0 Å². The Hall–Kier alpha value is -4.04. The van der Waals surface area contributed by atoms with Gasteiger partial charge in [0.15, 0.2) is 0 Å². The molecule has 338 valence electrons. The summed E-state index contributed by atoms with van der Waals surface area (Å²) in [5, 5.41) is 14.0. The van der Waals surface area contributed by atoms with Crippen LogP contribution in [0.3, 0.4) is 0 Å². The molecule has 20 nitrogen and oxygen atoms in total. The normalized spacial score (nSPS) is 9.77. The molecule has 0 fully saturated rings. The molecule has 6 rings (SSSR count). The summed E-state index contributed by atoms with van der Waals surface area (Å²) in [5.41, 5.74) is 6.30. The number of hydrogen-bond donors (Lipinski definition) is 2. The van der Waals surface area contributed by atoms with Crippen LogP contribution >= 0.6 is 0 Å². The van der Waals surface area contributed by atoms with E-state index < -0.39 is 20.5 Å². The minimum Gasteiger partial charge on any atom is -0.870 e. The molecule has 0 unspecified atom stereocenters. The van der Waals surface area contributed by atoms with Crippen LogP contribution in [0, 0.1) is 20.5 Å². The zero-order valence-electron chi connectivity index (χ0n) is 33.2. The van der Waals surface area contributed by atoms with Crippen molar-refractivity contribution in [3.8, 4) is 0 Å². The van der Waals surface area contributed by atoms with Gasteiger partial charge >= 0.3 is 34.1 Å². The van der Waals surface area contributed by atoms with Crippen molar-refractivity contribution in [1.29, 1.82) is 0 Å². The SMILES string of the molecule is CO.CO.[Fe+3].[Fe+3].[O-][Cl+3]([O-])([O-])[O-].[O-][Cl+3]([O-])([O-])[O-].[OH-].[OH-].c1ccc(CN(Cc2ccccn2)Cc2ccccn2)nc1.c1ccc(CN(Cc2ccccn2)Cc2ccccn2)nc1. The molecule has 6 heterocycles. The molecule has 6 aromatic rings. The summed E-state index contributed by atoms with van der Waals surface area (Å²) in [4.78, 5) is 31.1. The predicted molar refractivity (Wildman–Crippen MR) is 191 cm³/mol. The van der Waals surface area contributed by atoms with E-state index in [1.165, 1.54) is 0 Å². The molecule has 62 heavy (non-hydrogen) atoms. The van der Waals surface area contributed by atoms with Gasteiger partial charge in [-0.05, 0) is 72.8 Å². The second-order valence-corrected chi connectivity index (χ2v) is 12.5. The van der Waals surface area contributed by atoms with Crippen LogP contribution in [0.5, 0.6) is 0 Å². The first-order chi connectivity index (χ1) is 27.8. The first-order valence-corrected chi connectivity index (χ1v) is 19.2. The summed E-state index contributed by atoms with van der Waals surface area (Å²) in [6.45, 7) is 4.63. The predicted octanol–water partition coefficient (Wildman–Crippen LogP) is -4.51. The van der Waals surface area contributed by atoms with Crippen molar-refractivity contribution in [3.63, 3.8) is 0 Å². The molecule has 0 bridgehead atoms. The third kappa shape index (κ3) is 36.6. The Morgan fingerprint density at radius 1 is 0.339 bits per heavy atom. The van der Waals surface area contributed by atoms with Crippen molar-refractivity contribution in [2.75, 3.05) is 14.2 Å². The van der Waals surface area contributed by atoms with Crippen molar-refractivity contribution in [3.05, 3.63) is 181 Å². The molecule has 0 saturated heterocycles. The van der Waals surface area contributed by atoms with E-state index in [1.54, 1.807) is 0 Å². The monoisotopic (exact) mass is 988 g/mol. The van der Waals surface area contributed by atoms with Crippen molar-refractivity contribution >= 4 is 0 Å². The Bertz CT molecular complexity index is 1500. The number of pyridine rings is 6. The number of halogens is 2. The molecule has 4 N–H and O–H groups in total. The van der Waals surface area contributed by atoms with Gasteiger partial charge in [0, 0.05) is 90.7 Å². The van der Waals surface area contributed by atoms with E-state index in [-0.39, 0.29) is 45.1 Å². The Morgan fingerprint density at radius 2 is 0.468 bits per heavy atom. The van der Waals surface area contributed by atoms with Gasteiger partial charge in [0.1, 0.15) is 0 Å². The van der Waals surface area contributed by atoms with Crippen molar-refractivity contribution in [2.24, 2.45) is 0 Å². The van der Waals surface area contributed by atoms with E-state index in [1.807, 2.05) is 146 Å². The molecular weight excluding hydrogens is 943 g/mol. The molecule has 6 aromatic heterocycles. The number of aromatic nitrogens is 6. The quantitative estimate of drug-likeness (QED) is 0.109. The fourth-order valence-electron chi connectivity index (χ4n) is 4.66. The molecule has 0 aliphatic heterocycles. The van der Waals surface area contributed by atoms with Crippen LogP contribution in [0.2, 0.25) is 0 Å². The minimum atomic E-state index is -4.94. The fraction of sp³-hybridized carbons (Fsp3) is 0.211. The van der Waals surface area contributed by atoms with E-state index in [4.69, 9.17) is 47.5 Å². The Balaban J connectivity index is -0.000000398. The summed E-state index contributed by atoms with van der Waals surface area (Å²) in [6.07, 6.45) is 11.0. The Labute approximate surface area is 385 Å². The van der Waals surface area contributed by atoms with E-state index in [2.05, 4.69) is 39.7 Å². The summed E-state index contributed by atoms with van der Waals surface area (Å²) in [5.74, 6) is 0. The fourth-order valence-corrected chi connectivity index (χ4v) is 4.66. The molecule has 0 spiro atoms. The molecule has 0 aliphatic rings. The standard InChI is InChI=1S/2C18H18N4.2CH4O.2ClHO4.2Fe.2H2O/c2*1-4-10-19-16(7-1)13-22(14-17-8-2-5-11-20-17)15-18-9-3-6-12-21-18;2*1-2;2*2-1(3,4)5;;;;/h2*1-12H,13-15H2;2*2H,1H3;2*(H,2,3,4,5);;;2*1H2/q;;;;;;2*+3;;/p-4. The van der Waals surface area contributed by atoms with Crippen LogP contribution < -0.4 is 37.3 Å². The Kier molecular flexibility index (Phi) is 40.2. The maximum atomic E-state index is 8.49. The molecule has 0 aliphatic carbocycles. The van der Waals surface area contributed by atoms with Gasteiger partial charge in [-0.3, -0.25) is 39.7 Å². The summed E-state index contributed by atoms with van der Waals surface area (Å²) in [7, 11) is -7.89. The molecular formula is C38H46Cl2Fe2N8O12+2. The maximum Gasteiger partial charge on any atom is 3.00 e. The molecule has 0 atom stereocenters. The largest absolute Gasteiger partial charge is 3.00 e. The third-order valence-electron chi connectivity index (χ3n) is 6.67. The zero-order valence-corrected chi connectivity index (χ0v) is 36.9. The van der Waals surface area contributed by atoms with Crippen molar-refractivity contribution < 1.29 is 113 Å². The van der Waals surface area contributed by atoms with Gasteiger partial charge in [-0.25, -0.2) is 37.3 Å². The topological polar surface area (TPSA) is 369 Å². The van der Waals surface area contributed by atoms with Gasteiger partial charge in [0.25, 0.3) is 0 Å². The molecule has 24 heteroatoms. The molecule has 2 radical (unpaired) electrons. The number of rotatable bonds is 12. The molecule has 0 aromatic carbocycles. The molecule has 0 amide bonds. The van der Waals surface area contributed by atoms with Crippen LogP contribution in [0.4, 0.5) is 0 Å². The minimum absolute atomic E-state index is 0. The summed E-state index contributed by atoms with van der Waals surface area (Å²) in [6, 6.07) is 36.0. The van der Waals surface area contributed by atoms with Crippen LogP contribution in [0.1, 0.15) is 34.2 Å². The van der Waals surface area contributed by atoms with Crippen LogP contribution in [0.15, 0.2) is 146 Å². The van der Waals surface area contributed by atoms with E-state index >= 15 is 0 Å². The van der Waals surface area contributed by atoms with Gasteiger partial charge in [-0.1, -0.05) is 36.4 Å². The van der Waals surface area contributed by atoms with E-state index in [0.717, 1.165) is 87.7 Å². The number of aliphatic hydroxyl groups is 2. The van der Waals surface area contributed by atoms with Gasteiger partial charge < -0.3 is 21.2 Å². The van der Waals surface area contributed by atoms with Gasteiger partial charge in [0.2, 0.25) is 0 Å². The van der Waals surface area contributed by atoms with E-state index in [9.17, 15) is 0 Å². The first kappa shape index (κ1) is 64.6. The third-order valence-corrected chi connectivity index (χ3v) is 6.67. The number of nitrogens with zero attached hydrogens (tertiary/aromatic N) is 8. The number of aliphatic hydroxyl groups excluding tert-OH is 2. The zero-order chi connectivity index (χ0) is 43.1. The number of hydrogen-bond acceptors (Lipinski definition) is 20. The van der Waals surface area contributed by atoms with Gasteiger partial charge in [-0.2, -0.15) is 0 Å². The van der Waals surface area contributed by atoms with Crippen molar-refractivity contribution in [1.82, 2.24) is 39.7 Å². The Morgan fingerprint density at radius 3 is 0.565 bits per heavy atom. The molecule has 0 saturated carbocycles.